The summed E-state index contributed by atoms with van der Waals surface area (Å²) in [5.41, 5.74) is 0. The minimum Gasteiger partial charge on any atom is -0.255 e. The monoisotopic (exact) mass is 197 g/mol. The van der Waals surface area contributed by atoms with E-state index in [1.807, 2.05) is 0 Å². The van der Waals surface area contributed by atoms with E-state index in [1.165, 1.54) is 38.5 Å². The van der Waals surface area contributed by atoms with Gasteiger partial charge in [0.1, 0.15) is 0 Å². The lowest BCUT2D eigenvalue weighted by molar-refractivity contribution is 0.358. The second kappa shape index (κ2) is 10.2. The van der Waals surface area contributed by atoms with Crippen LogP contribution in [0.5, 0.6) is 0 Å². The summed E-state index contributed by atoms with van der Waals surface area (Å²) in [6, 6.07) is 0. The third-order valence-electron chi connectivity index (χ3n) is 2.16. The fraction of sp³-hybridized carbons (Fsp3) is 0.818. The highest BCUT2D eigenvalue weighted by Crippen LogP contribution is 2.06. The van der Waals surface area contributed by atoms with Gasteiger partial charge >= 0.3 is 0 Å². The van der Waals surface area contributed by atoms with E-state index < -0.39 is 0 Å². The topological polar surface area (TPSA) is 28.0 Å². The SMILES string of the molecule is C=CN(CCCCCCCC)N=NC. The van der Waals surface area contributed by atoms with Crippen LogP contribution in [0.1, 0.15) is 45.4 Å². The number of hydrogen-bond donors (Lipinski definition) is 0. The zero-order valence-electron chi connectivity index (χ0n) is 9.58. The molecular weight excluding hydrogens is 174 g/mol. The van der Waals surface area contributed by atoms with Crippen molar-refractivity contribution < 1.29 is 0 Å². The van der Waals surface area contributed by atoms with Crippen molar-refractivity contribution in [3.8, 4) is 0 Å². The molecule has 82 valence electrons. The first-order chi connectivity index (χ1) is 6.85. The second-order valence-corrected chi connectivity index (χ2v) is 3.40. The lowest BCUT2D eigenvalue weighted by atomic mass is 10.1. The highest BCUT2D eigenvalue weighted by molar-refractivity contribution is 4.65. The van der Waals surface area contributed by atoms with Crippen molar-refractivity contribution in [2.24, 2.45) is 10.3 Å². The molecule has 14 heavy (non-hydrogen) atoms. The average Bonchev–Trinajstić information content (AvgIpc) is 2.21. The normalized spacial score (nSPS) is 10.7. The largest absolute Gasteiger partial charge is 0.255 e. The Morgan fingerprint density at radius 1 is 1.14 bits per heavy atom. The summed E-state index contributed by atoms with van der Waals surface area (Å²) in [6.07, 6.45) is 9.54. The van der Waals surface area contributed by atoms with Gasteiger partial charge in [-0.2, -0.15) is 5.11 Å². The summed E-state index contributed by atoms with van der Waals surface area (Å²) in [7, 11) is 1.68. The molecule has 0 aliphatic rings. The summed E-state index contributed by atoms with van der Waals surface area (Å²) < 4.78 is 0. The molecule has 0 unspecified atom stereocenters. The third kappa shape index (κ3) is 7.77. The van der Waals surface area contributed by atoms with Crippen LogP contribution in [0, 0.1) is 0 Å². The van der Waals surface area contributed by atoms with Crippen molar-refractivity contribution >= 4 is 0 Å². The Kier molecular flexibility index (Phi) is 9.59. The van der Waals surface area contributed by atoms with Crippen molar-refractivity contribution in [1.29, 1.82) is 0 Å². The maximum absolute atomic E-state index is 3.92. The van der Waals surface area contributed by atoms with Crippen LogP contribution in [-0.2, 0) is 0 Å². The van der Waals surface area contributed by atoms with Gasteiger partial charge in [-0.05, 0) is 6.42 Å². The molecule has 0 fully saturated rings. The first-order valence-corrected chi connectivity index (χ1v) is 5.54. The van der Waals surface area contributed by atoms with E-state index in [4.69, 9.17) is 0 Å². The summed E-state index contributed by atoms with van der Waals surface area (Å²) in [4.78, 5) is 0. The van der Waals surface area contributed by atoms with Crippen molar-refractivity contribution in [1.82, 2.24) is 5.01 Å². The number of rotatable bonds is 9. The van der Waals surface area contributed by atoms with E-state index in [-0.39, 0.29) is 0 Å². The maximum Gasteiger partial charge on any atom is 0.0509 e. The minimum atomic E-state index is 0.937. The van der Waals surface area contributed by atoms with Gasteiger partial charge in [0.2, 0.25) is 0 Å². The minimum absolute atomic E-state index is 0.937. The van der Waals surface area contributed by atoms with Crippen LogP contribution in [0.3, 0.4) is 0 Å². The Morgan fingerprint density at radius 2 is 1.79 bits per heavy atom. The lowest BCUT2D eigenvalue weighted by Gasteiger charge is -2.10. The van der Waals surface area contributed by atoms with Crippen molar-refractivity contribution in [2.75, 3.05) is 13.6 Å². The average molecular weight is 197 g/mol. The van der Waals surface area contributed by atoms with Gasteiger partial charge in [-0.3, -0.25) is 5.01 Å². The van der Waals surface area contributed by atoms with Gasteiger partial charge in [-0.1, -0.05) is 50.8 Å². The van der Waals surface area contributed by atoms with E-state index in [9.17, 15) is 0 Å². The number of nitrogens with zero attached hydrogens (tertiary/aromatic N) is 3. The highest BCUT2D eigenvalue weighted by atomic mass is 15.5. The van der Waals surface area contributed by atoms with Crippen LogP contribution in [0.2, 0.25) is 0 Å². The standard InChI is InChI=1S/C11H23N3/c1-4-6-7-8-9-10-11-14(5-2)13-12-3/h5H,2,4,6-11H2,1,3H3. The van der Waals surface area contributed by atoms with E-state index in [0.717, 1.165) is 6.54 Å². The van der Waals surface area contributed by atoms with Gasteiger partial charge in [-0.25, -0.2) is 0 Å². The van der Waals surface area contributed by atoms with Crippen LogP contribution in [0.25, 0.3) is 0 Å². The smallest absolute Gasteiger partial charge is 0.0509 e. The molecule has 0 aliphatic carbocycles. The molecule has 0 aromatic heterocycles. The molecule has 0 amide bonds. The predicted molar refractivity (Wildman–Crippen MR) is 61.1 cm³/mol. The maximum atomic E-state index is 3.92. The predicted octanol–water partition coefficient (Wildman–Crippen LogP) is 3.79. The third-order valence-corrected chi connectivity index (χ3v) is 2.16. The first-order valence-electron chi connectivity index (χ1n) is 5.54. The zero-order chi connectivity index (χ0) is 10.6. The Hall–Kier alpha value is -0.860. The molecule has 0 atom stereocenters. The lowest BCUT2D eigenvalue weighted by Crippen LogP contribution is -2.09. The molecular formula is C11H23N3. The Labute approximate surface area is 87.9 Å². The second-order valence-electron chi connectivity index (χ2n) is 3.40. The molecule has 0 saturated carbocycles. The van der Waals surface area contributed by atoms with Crippen LogP contribution in [0.4, 0.5) is 0 Å². The van der Waals surface area contributed by atoms with Crippen LogP contribution < -0.4 is 0 Å². The Bertz CT molecular complexity index is 155. The Balaban J connectivity index is 3.28. The zero-order valence-corrected chi connectivity index (χ0v) is 9.58. The molecule has 0 spiro atoms. The van der Waals surface area contributed by atoms with Gasteiger partial charge in [0.25, 0.3) is 0 Å². The highest BCUT2D eigenvalue weighted by Gasteiger charge is 1.95. The molecule has 0 heterocycles. The fourth-order valence-electron chi connectivity index (χ4n) is 1.34. The number of hydrogen-bond acceptors (Lipinski definition) is 2. The van der Waals surface area contributed by atoms with Gasteiger partial charge in [-0.15, -0.1) is 0 Å². The van der Waals surface area contributed by atoms with E-state index >= 15 is 0 Å². The summed E-state index contributed by atoms with van der Waals surface area (Å²) >= 11 is 0. The number of unbranched alkanes of at least 4 members (excludes halogenated alkanes) is 5. The van der Waals surface area contributed by atoms with Crippen LogP contribution >= 0.6 is 0 Å². The molecule has 3 heteroatoms. The van der Waals surface area contributed by atoms with E-state index in [2.05, 4.69) is 23.8 Å². The molecule has 0 radical (unpaired) electrons. The Morgan fingerprint density at radius 3 is 2.36 bits per heavy atom. The van der Waals surface area contributed by atoms with Crippen LogP contribution in [-0.4, -0.2) is 18.6 Å². The van der Waals surface area contributed by atoms with E-state index in [0.29, 0.717) is 0 Å². The van der Waals surface area contributed by atoms with Crippen molar-refractivity contribution in [2.45, 2.75) is 45.4 Å². The fourth-order valence-corrected chi connectivity index (χ4v) is 1.34. The quantitative estimate of drug-likeness (QED) is 0.314. The summed E-state index contributed by atoms with van der Waals surface area (Å²) in [5, 5.41) is 9.42. The molecule has 0 aromatic rings. The van der Waals surface area contributed by atoms with E-state index in [1.54, 1.807) is 18.3 Å². The van der Waals surface area contributed by atoms with Crippen molar-refractivity contribution in [3.63, 3.8) is 0 Å². The molecule has 0 N–H and O–H groups in total. The van der Waals surface area contributed by atoms with Gasteiger partial charge in [0.05, 0.1) is 7.05 Å². The summed E-state index contributed by atoms with van der Waals surface area (Å²) in [5.74, 6) is 0. The summed E-state index contributed by atoms with van der Waals surface area (Å²) in [6.45, 7) is 6.85. The molecule has 0 aliphatic heterocycles. The molecule has 0 aromatic carbocycles. The molecule has 0 rings (SSSR count). The molecule has 3 nitrogen and oxygen atoms in total. The van der Waals surface area contributed by atoms with Crippen molar-refractivity contribution in [3.05, 3.63) is 12.8 Å². The molecule has 0 bridgehead atoms. The van der Waals surface area contributed by atoms with Gasteiger partial charge in [0, 0.05) is 12.7 Å². The molecule has 0 saturated heterocycles. The van der Waals surface area contributed by atoms with Gasteiger partial charge in [0.15, 0.2) is 0 Å². The van der Waals surface area contributed by atoms with Gasteiger partial charge < -0.3 is 0 Å². The van der Waals surface area contributed by atoms with Crippen LogP contribution in [0.15, 0.2) is 23.1 Å². The first kappa shape index (κ1) is 13.1.